The average Bonchev–Trinajstić information content (AvgIpc) is 2.39. The summed E-state index contributed by atoms with van der Waals surface area (Å²) in [6.07, 6.45) is 0. The number of nitrogen functional groups attached to an aromatic ring is 1. The Morgan fingerprint density at radius 1 is 1.05 bits per heavy atom. The van der Waals surface area contributed by atoms with Gasteiger partial charge >= 0.3 is 0 Å². The van der Waals surface area contributed by atoms with Gasteiger partial charge in [-0.05, 0) is 37.1 Å². The molecule has 0 saturated heterocycles. The van der Waals surface area contributed by atoms with Gasteiger partial charge in [0.05, 0.1) is 5.69 Å². The second-order valence-electron chi connectivity index (χ2n) is 4.65. The lowest BCUT2D eigenvalue weighted by Crippen LogP contribution is -2.18. The lowest BCUT2D eigenvalue weighted by molar-refractivity contribution is 0.578. The van der Waals surface area contributed by atoms with Crippen LogP contribution in [-0.4, -0.2) is 8.42 Å². The third kappa shape index (κ3) is 2.82. The molecule has 112 valence electrons. The number of anilines is 2. The molecule has 2 aromatic carbocycles. The van der Waals surface area contributed by atoms with Gasteiger partial charge in [0.2, 0.25) is 0 Å². The van der Waals surface area contributed by atoms with E-state index in [0.29, 0.717) is 5.56 Å². The molecule has 0 heterocycles. The number of hydrogen-bond donors (Lipinski definition) is 2. The van der Waals surface area contributed by atoms with Gasteiger partial charge in [-0.1, -0.05) is 18.2 Å². The highest BCUT2D eigenvalue weighted by Crippen LogP contribution is 2.28. The normalized spacial score (nSPS) is 11.4. The average molecular weight is 312 g/mol. The Kier molecular flexibility index (Phi) is 3.87. The molecule has 0 aromatic heterocycles. The Labute approximate surface area is 121 Å². The molecule has 0 amide bonds. The first-order valence-corrected chi connectivity index (χ1v) is 7.55. The SMILES string of the molecule is Cc1ccc(F)c(NS(=O)(=O)c2c(C)cccc2N)c1F. The Morgan fingerprint density at radius 3 is 2.33 bits per heavy atom. The molecule has 0 saturated carbocycles. The first-order valence-electron chi connectivity index (χ1n) is 6.06. The van der Waals surface area contributed by atoms with Crippen LogP contribution in [0.3, 0.4) is 0 Å². The first-order chi connectivity index (χ1) is 9.74. The van der Waals surface area contributed by atoms with Crippen LogP contribution in [0.25, 0.3) is 0 Å². The predicted octanol–water partition coefficient (Wildman–Crippen LogP) is 2.96. The fraction of sp³-hybridized carbons (Fsp3) is 0.143. The standard InChI is InChI=1S/C14H14F2N2O2S/c1-8-6-7-10(15)13(12(8)16)18-21(19,20)14-9(2)4-3-5-11(14)17/h3-7,18H,17H2,1-2H3. The maximum Gasteiger partial charge on any atom is 0.264 e. The van der Waals surface area contributed by atoms with Gasteiger partial charge in [-0.3, -0.25) is 4.72 Å². The second-order valence-corrected chi connectivity index (χ2v) is 6.27. The summed E-state index contributed by atoms with van der Waals surface area (Å²) in [5.74, 6) is -1.94. The number of benzene rings is 2. The predicted molar refractivity (Wildman–Crippen MR) is 77.5 cm³/mol. The van der Waals surface area contributed by atoms with Crippen molar-refractivity contribution < 1.29 is 17.2 Å². The van der Waals surface area contributed by atoms with Crippen molar-refractivity contribution in [1.82, 2.24) is 0 Å². The summed E-state index contributed by atoms with van der Waals surface area (Å²) in [7, 11) is -4.19. The summed E-state index contributed by atoms with van der Waals surface area (Å²) in [5, 5.41) is 0. The van der Waals surface area contributed by atoms with Gasteiger partial charge in [0, 0.05) is 0 Å². The van der Waals surface area contributed by atoms with Gasteiger partial charge in [-0.2, -0.15) is 0 Å². The van der Waals surface area contributed by atoms with Crippen LogP contribution in [0.4, 0.5) is 20.2 Å². The van der Waals surface area contributed by atoms with Gasteiger partial charge < -0.3 is 5.73 Å². The smallest absolute Gasteiger partial charge is 0.264 e. The van der Waals surface area contributed by atoms with Crippen LogP contribution in [0.5, 0.6) is 0 Å². The van der Waals surface area contributed by atoms with E-state index in [9.17, 15) is 17.2 Å². The summed E-state index contributed by atoms with van der Waals surface area (Å²) in [5.41, 5.74) is 5.48. The van der Waals surface area contributed by atoms with Crippen molar-refractivity contribution >= 4 is 21.4 Å². The molecular formula is C14H14F2N2O2S. The zero-order valence-corrected chi connectivity index (χ0v) is 12.3. The molecule has 0 atom stereocenters. The Morgan fingerprint density at radius 2 is 1.71 bits per heavy atom. The van der Waals surface area contributed by atoms with Crippen LogP contribution in [0.1, 0.15) is 11.1 Å². The summed E-state index contributed by atoms with van der Waals surface area (Å²) in [4.78, 5) is -0.190. The van der Waals surface area contributed by atoms with Gasteiger partial charge in [-0.25, -0.2) is 17.2 Å². The second kappa shape index (κ2) is 5.33. The van der Waals surface area contributed by atoms with Crippen molar-refractivity contribution in [2.75, 3.05) is 10.5 Å². The lowest BCUT2D eigenvalue weighted by Gasteiger charge is -2.14. The zero-order valence-electron chi connectivity index (χ0n) is 11.4. The number of nitrogens with one attached hydrogen (secondary N) is 1. The van der Waals surface area contributed by atoms with Gasteiger partial charge in [0.15, 0.2) is 5.82 Å². The van der Waals surface area contributed by atoms with Gasteiger partial charge in [0.1, 0.15) is 16.4 Å². The molecule has 0 aliphatic rings. The highest BCUT2D eigenvalue weighted by molar-refractivity contribution is 7.93. The highest BCUT2D eigenvalue weighted by atomic mass is 32.2. The van der Waals surface area contributed by atoms with Crippen molar-refractivity contribution in [2.24, 2.45) is 0 Å². The summed E-state index contributed by atoms with van der Waals surface area (Å²) >= 11 is 0. The van der Waals surface area contributed by atoms with Crippen LogP contribution in [0, 0.1) is 25.5 Å². The van der Waals surface area contributed by atoms with E-state index in [-0.39, 0.29) is 16.1 Å². The monoisotopic (exact) mass is 312 g/mol. The molecule has 0 spiro atoms. The number of rotatable bonds is 3. The molecule has 7 heteroatoms. The molecule has 0 radical (unpaired) electrons. The molecule has 4 nitrogen and oxygen atoms in total. The van der Waals surface area contributed by atoms with Crippen molar-refractivity contribution in [1.29, 1.82) is 0 Å². The van der Waals surface area contributed by atoms with Crippen LogP contribution < -0.4 is 10.5 Å². The van der Waals surface area contributed by atoms with E-state index >= 15 is 0 Å². The van der Waals surface area contributed by atoms with Crippen LogP contribution >= 0.6 is 0 Å². The molecular weight excluding hydrogens is 298 g/mol. The van der Waals surface area contributed by atoms with Crippen molar-refractivity contribution in [3.8, 4) is 0 Å². The molecule has 0 bridgehead atoms. The van der Waals surface area contributed by atoms with Crippen LogP contribution in [0.2, 0.25) is 0 Å². The Hall–Kier alpha value is -2.15. The molecule has 21 heavy (non-hydrogen) atoms. The number of sulfonamides is 1. The van der Waals surface area contributed by atoms with Crippen molar-refractivity contribution in [3.05, 3.63) is 53.1 Å². The number of aryl methyl sites for hydroxylation is 2. The fourth-order valence-corrected chi connectivity index (χ4v) is 3.41. The van der Waals surface area contributed by atoms with E-state index in [2.05, 4.69) is 0 Å². The third-order valence-corrected chi connectivity index (χ3v) is 4.60. The molecule has 2 aromatic rings. The number of nitrogens with two attached hydrogens (primary N) is 1. The van der Waals surface area contributed by atoms with E-state index in [1.807, 2.05) is 4.72 Å². The van der Waals surface area contributed by atoms with Gasteiger partial charge in [-0.15, -0.1) is 0 Å². The lowest BCUT2D eigenvalue weighted by atomic mass is 10.2. The molecule has 3 N–H and O–H groups in total. The third-order valence-electron chi connectivity index (χ3n) is 3.03. The largest absolute Gasteiger partial charge is 0.398 e. The number of halogens is 2. The molecule has 2 rings (SSSR count). The molecule has 0 fully saturated rings. The van der Waals surface area contributed by atoms with E-state index in [4.69, 9.17) is 5.73 Å². The maximum atomic E-state index is 13.9. The fourth-order valence-electron chi connectivity index (χ4n) is 1.98. The minimum absolute atomic E-state index is 0.0102. The summed E-state index contributed by atoms with van der Waals surface area (Å²) in [6.45, 7) is 2.96. The quantitative estimate of drug-likeness (QED) is 0.856. The molecule has 0 aliphatic heterocycles. The first kappa shape index (κ1) is 15.2. The summed E-state index contributed by atoms with van der Waals surface area (Å²) in [6, 6.07) is 6.78. The van der Waals surface area contributed by atoms with E-state index in [1.165, 1.54) is 19.1 Å². The molecule has 0 unspecified atom stereocenters. The van der Waals surface area contributed by atoms with E-state index in [1.54, 1.807) is 19.1 Å². The van der Waals surface area contributed by atoms with Crippen LogP contribution in [0.15, 0.2) is 35.2 Å². The number of hydrogen-bond acceptors (Lipinski definition) is 3. The Bertz CT molecular complexity index is 785. The minimum Gasteiger partial charge on any atom is -0.398 e. The van der Waals surface area contributed by atoms with Gasteiger partial charge in [0.25, 0.3) is 10.0 Å². The minimum atomic E-state index is -4.19. The van der Waals surface area contributed by atoms with E-state index < -0.39 is 27.3 Å². The topological polar surface area (TPSA) is 72.2 Å². The zero-order chi connectivity index (χ0) is 15.8. The Balaban J connectivity index is 2.56. The molecule has 0 aliphatic carbocycles. The maximum absolute atomic E-state index is 13.9. The van der Waals surface area contributed by atoms with Crippen molar-refractivity contribution in [3.63, 3.8) is 0 Å². The van der Waals surface area contributed by atoms with Crippen molar-refractivity contribution in [2.45, 2.75) is 18.7 Å². The highest BCUT2D eigenvalue weighted by Gasteiger charge is 2.23. The summed E-state index contributed by atoms with van der Waals surface area (Å²) < 4.78 is 54.2. The van der Waals surface area contributed by atoms with Crippen LogP contribution in [-0.2, 0) is 10.0 Å². The van der Waals surface area contributed by atoms with E-state index in [0.717, 1.165) is 6.07 Å².